The molecular weight excluding hydrogens is 480 g/mol. The number of allylic oxidation sites excluding steroid dienone is 6. The molecule has 0 saturated heterocycles. The van der Waals surface area contributed by atoms with Gasteiger partial charge in [-0.3, -0.25) is 4.79 Å². The highest BCUT2D eigenvalue weighted by Crippen LogP contribution is 2.37. The Morgan fingerprint density at radius 1 is 0.872 bits per heavy atom. The van der Waals surface area contributed by atoms with Gasteiger partial charge in [-0.2, -0.15) is 0 Å². The fourth-order valence-corrected chi connectivity index (χ4v) is 3.84. The van der Waals surface area contributed by atoms with Gasteiger partial charge in [0, 0.05) is 6.92 Å². The van der Waals surface area contributed by atoms with Crippen LogP contribution < -0.4 is 9.47 Å². The van der Waals surface area contributed by atoms with Crippen molar-refractivity contribution in [2.24, 2.45) is 0 Å². The van der Waals surface area contributed by atoms with Crippen molar-refractivity contribution in [3.8, 4) is 11.5 Å². The number of hydrogen-bond acceptors (Lipinski definition) is 3. The van der Waals surface area contributed by atoms with Crippen molar-refractivity contribution >= 4 is 5.97 Å². The van der Waals surface area contributed by atoms with E-state index in [-0.39, 0.29) is 12.1 Å². The summed E-state index contributed by atoms with van der Waals surface area (Å²) in [4.78, 5) is 11.0. The second kappa shape index (κ2) is 26.0. The molecule has 0 bridgehead atoms. The van der Waals surface area contributed by atoms with E-state index in [1.807, 2.05) is 61.5 Å². The lowest BCUT2D eigenvalue weighted by molar-refractivity contribution is -0.131. The number of rotatable bonds is 8. The molecule has 0 spiro atoms. The second-order valence-corrected chi connectivity index (χ2v) is 9.54. The van der Waals surface area contributed by atoms with Crippen LogP contribution in [0, 0.1) is 13.8 Å². The van der Waals surface area contributed by atoms with Crippen LogP contribution in [0.3, 0.4) is 0 Å². The quantitative estimate of drug-likeness (QED) is 0.185. The van der Waals surface area contributed by atoms with Gasteiger partial charge < -0.3 is 9.47 Å². The lowest BCUT2D eigenvalue weighted by Gasteiger charge is -2.26. The van der Waals surface area contributed by atoms with Gasteiger partial charge in [0.2, 0.25) is 0 Å². The van der Waals surface area contributed by atoms with Gasteiger partial charge in [-0.05, 0) is 116 Å². The molecule has 39 heavy (non-hydrogen) atoms. The Kier molecular flexibility index (Phi) is 27.4. The lowest BCUT2D eigenvalue weighted by Crippen LogP contribution is -2.20. The van der Waals surface area contributed by atoms with Crippen molar-refractivity contribution in [1.82, 2.24) is 0 Å². The molecule has 1 unspecified atom stereocenters. The monoisotopic (exact) mass is 544 g/mol. The molecule has 0 saturated carbocycles. The van der Waals surface area contributed by atoms with Gasteiger partial charge in [-0.1, -0.05) is 83.4 Å². The Labute approximate surface area is 244 Å². The number of aryl methyl sites for hydroxylation is 1. The van der Waals surface area contributed by atoms with Crippen molar-refractivity contribution in [2.45, 2.75) is 155 Å². The van der Waals surface area contributed by atoms with Crippen LogP contribution in [0.1, 0.15) is 145 Å². The average Bonchev–Trinajstić information content (AvgIpc) is 2.91. The molecule has 0 fully saturated rings. The number of fused-ring (bicyclic) bond motifs is 1. The van der Waals surface area contributed by atoms with E-state index in [9.17, 15) is 4.79 Å². The van der Waals surface area contributed by atoms with Crippen LogP contribution in [0.2, 0.25) is 0 Å². The van der Waals surface area contributed by atoms with Gasteiger partial charge in [-0.25, -0.2) is 0 Å². The molecule has 3 heteroatoms. The van der Waals surface area contributed by atoms with E-state index in [2.05, 4.69) is 59.8 Å². The van der Waals surface area contributed by atoms with Gasteiger partial charge in [-0.15, -0.1) is 0 Å². The molecule has 1 aromatic carbocycles. The Hall–Kier alpha value is -2.29. The van der Waals surface area contributed by atoms with Crippen LogP contribution in [-0.2, 0) is 11.2 Å². The van der Waals surface area contributed by atoms with E-state index in [1.54, 1.807) is 0 Å². The summed E-state index contributed by atoms with van der Waals surface area (Å²) >= 11 is 0. The number of esters is 1. The summed E-state index contributed by atoms with van der Waals surface area (Å²) in [6.07, 6.45) is 15.3. The molecule has 0 aliphatic carbocycles. The van der Waals surface area contributed by atoms with E-state index in [1.165, 1.54) is 49.3 Å². The smallest absolute Gasteiger partial charge is 0.308 e. The third-order valence-corrected chi connectivity index (χ3v) is 5.94. The number of carbonyl (C=O) groups excluding carboxylic acids is 1. The number of ether oxygens (including phenoxy) is 2. The first-order chi connectivity index (χ1) is 18.5. The number of carbonyl (C=O) groups is 1. The minimum Gasteiger partial charge on any atom is -0.490 e. The summed E-state index contributed by atoms with van der Waals surface area (Å²) in [5.74, 6) is 1.35. The Morgan fingerprint density at radius 3 is 1.87 bits per heavy atom. The third kappa shape index (κ3) is 19.4. The zero-order chi connectivity index (χ0) is 31.0. The average molecular weight is 545 g/mol. The van der Waals surface area contributed by atoms with Gasteiger partial charge in [0.1, 0.15) is 11.5 Å². The van der Waals surface area contributed by atoms with Crippen LogP contribution in [0.5, 0.6) is 11.5 Å². The topological polar surface area (TPSA) is 35.5 Å². The molecule has 1 heterocycles. The van der Waals surface area contributed by atoms with Crippen LogP contribution in [-0.4, -0.2) is 12.1 Å². The summed E-state index contributed by atoms with van der Waals surface area (Å²) in [7, 11) is 0. The van der Waals surface area contributed by atoms with E-state index >= 15 is 0 Å². The summed E-state index contributed by atoms with van der Waals surface area (Å²) in [6, 6.07) is 1.94. The van der Waals surface area contributed by atoms with Gasteiger partial charge >= 0.3 is 5.97 Å². The molecule has 1 atom stereocenters. The van der Waals surface area contributed by atoms with Gasteiger partial charge in [0.25, 0.3) is 0 Å². The molecule has 0 aromatic heterocycles. The molecule has 2 rings (SSSR count). The SMILES string of the molecule is CC.CC.CC.CC(=O)Oc1cc2c(c(C)c1C)OC(C)CC2.CC/C=C(\C)CC/C=C(\C)CCC=C(C)C. The fourth-order valence-electron chi connectivity index (χ4n) is 3.84. The lowest BCUT2D eigenvalue weighted by atomic mass is 9.96. The van der Waals surface area contributed by atoms with Crippen molar-refractivity contribution in [3.63, 3.8) is 0 Å². The first-order valence-corrected chi connectivity index (χ1v) is 15.5. The number of hydrogen-bond donors (Lipinski definition) is 0. The minimum absolute atomic E-state index is 0.264. The first-order valence-electron chi connectivity index (χ1n) is 15.5. The maximum atomic E-state index is 11.0. The van der Waals surface area contributed by atoms with Crippen LogP contribution >= 0.6 is 0 Å². The summed E-state index contributed by atoms with van der Waals surface area (Å²) < 4.78 is 11.1. The largest absolute Gasteiger partial charge is 0.490 e. The van der Waals surface area contributed by atoms with E-state index in [4.69, 9.17) is 9.47 Å². The highest BCUT2D eigenvalue weighted by Gasteiger charge is 2.21. The molecule has 0 amide bonds. The van der Waals surface area contributed by atoms with Gasteiger partial charge in [0.15, 0.2) is 0 Å². The molecule has 1 aromatic rings. The van der Waals surface area contributed by atoms with Crippen LogP contribution in [0.15, 0.2) is 41.0 Å². The highest BCUT2D eigenvalue weighted by molar-refractivity contribution is 5.70. The number of benzene rings is 1. The maximum absolute atomic E-state index is 11.0. The van der Waals surface area contributed by atoms with Crippen LogP contribution in [0.25, 0.3) is 0 Å². The minimum atomic E-state index is -0.280. The Bertz CT molecular complexity index is 868. The van der Waals surface area contributed by atoms with Gasteiger partial charge in [0.05, 0.1) is 6.10 Å². The van der Waals surface area contributed by atoms with E-state index in [0.717, 1.165) is 41.7 Å². The summed E-state index contributed by atoms with van der Waals surface area (Å²) in [6.45, 7) is 30.5. The second-order valence-electron chi connectivity index (χ2n) is 9.54. The zero-order valence-corrected chi connectivity index (χ0v) is 28.6. The van der Waals surface area contributed by atoms with E-state index in [0.29, 0.717) is 5.75 Å². The molecule has 1 aliphatic rings. The van der Waals surface area contributed by atoms with E-state index < -0.39 is 0 Å². The van der Waals surface area contributed by atoms with Crippen LogP contribution in [0.4, 0.5) is 0 Å². The maximum Gasteiger partial charge on any atom is 0.308 e. The molecule has 1 aliphatic heterocycles. The van der Waals surface area contributed by atoms with Crippen molar-refractivity contribution in [2.75, 3.05) is 0 Å². The zero-order valence-electron chi connectivity index (χ0n) is 28.6. The molecule has 0 radical (unpaired) electrons. The van der Waals surface area contributed by atoms with Crippen molar-refractivity contribution < 1.29 is 14.3 Å². The van der Waals surface area contributed by atoms with Crippen molar-refractivity contribution in [1.29, 1.82) is 0 Å². The fraction of sp³-hybridized carbons (Fsp3) is 0.639. The summed E-state index contributed by atoms with van der Waals surface area (Å²) in [5.41, 5.74) is 7.67. The summed E-state index contributed by atoms with van der Waals surface area (Å²) in [5, 5.41) is 0. The Morgan fingerprint density at radius 2 is 1.38 bits per heavy atom. The molecule has 226 valence electrons. The molecular formula is C36H64O3. The standard InChI is InChI=1S/C16H28.C14H18O3.3C2H6/c1-6-9-15(4)12-8-13-16(5)11-7-10-14(2)3;1-8-5-6-12-7-13(17-11(4)15)9(2)10(3)14(12)16-8;3*1-2/h9-10,13H,6-8,11-12H2,1-5H3;7-8H,5-6H2,1-4H3;3*1-2H3/b15-9+,16-13+;;;;. The molecule has 0 N–H and O–H groups in total. The highest BCUT2D eigenvalue weighted by atomic mass is 16.5. The normalized spacial score (nSPS) is 13.7. The molecule has 3 nitrogen and oxygen atoms in total. The third-order valence-electron chi connectivity index (χ3n) is 5.94. The predicted octanol–water partition coefficient (Wildman–Crippen LogP) is 11.8. The Balaban J connectivity index is -0.000000559. The predicted molar refractivity (Wildman–Crippen MR) is 175 cm³/mol. The first kappa shape index (κ1) is 41.2. The van der Waals surface area contributed by atoms with Crippen molar-refractivity contribution in [3.05, 3.63) is 57.7 Å².